The SMILES string of the molecule is COC(=O)C[C@@H](Cc1cc[n+]([O-])c(C[C@H](CC(=O)OC)C(=O)N2CCC[C@](Cc3ccc(Cl)cc3)(NC(=O)[C@@H]3COC(C)(C)N3C(=O)[C@H](C)N)C2)c1)C(=O)N1CCC[C@](Cc2ccc(Cl)cc2)(NC(=O)[C@@H]2COC(C)(C)N2C(=O)[C@H](C)N)C1. The maximum absolute atomic E-state index is 15.0. The number of aromatic nitrogens is 1. The molecular formula is C59H79Cl2N9O13. The Labute approximate surface area is 494 Å². The predicted molar refractivity (Wildman–Crippen MR) is 305 cm³/mol. The van der Waals surface area contributed by atoms with Gasteiger partial charge < -0.3 is 56.1 Å². The van der Waals surface area contributed by atoms with Crippen molar-refractivity contribution in [3.8, 4) is 0 Å². The summed E-state index contributed by atoms with van der Waals surface area (Å²) in [6.07, 6.45) is 2.48. The highest BCUT2D eigenvalue weighted by molar-refractivity contribution is 6.30. The van der Waals surface area contributed by atoms with Gasteiger partial charge in [-0.1, -0.05) is 47.5 Å². The second-order valence-electron chi connectivity index (χ2n) is 23.6. The summed E-state index contributed by atoms with van der Waals surface area (Å²) in [7, 11) is 2.41. The zero-order chi connectivity index (χ0) is 60.8. The van der Waals surface area contributed by atoms with Crippen molar-refractivity contribution in [3.63, 3.8) is 0 Å². The molecule has 0 bridgehead atoms. The largest absolute Gasteiger partial charge is 0.619 e. The Morgan fingerprint density at radius 2 is 1.04 bits per heavy atom. The second kappa shape index (κ2) is 26.7. The summed E-state index contributed by atoms with van der Waals surface area (Å²) in [4.78, 5) is 118. The summed E-state index contributed by atoms with van der Waals surface area (Å²) in [5.41, 5.74) is 9.84. The van der Waals surface area contributed by atoms with E-state index in [0.29, 0.717) is 46.0 Å². The molecule has 4 aliphatic heterocycles. The third-order valence-electron chi connectivity index (χ3n) is 16.3. The fraction of sp³-hybridized carbons (Fsp3) is 0.576. The van der Waals surface area contributed by atoms with Gasteiger partial charge in [0.05, 0.1) is 75.3 Å². The van der Waals surface area contributed by atoms with E-state index in [0.717, 1.165) is 11.1 Å². The zero-order valence-corrected chi connectivity index (χ0v) is 50.1. The van der Waals surface area contributed by atoms with Crippen LogP contribution in [0.15, 0.2) is 66.9 Å². The van der Waals surface area contributed by atoms with Crippen LogP contribution in [0.2, 0.25) is 10.0 Å². The van der Waals surface area contributed by atoms with Crippen molar-refractivity contribution in [1.29, 1.82) is 0 Å². The van der Waals surface area contributed by atoms with Gasteiger partial charge in [-0.15, -0.1) is 0 Å². The van der Waals surface area contributed by atoms with Gasteiger partial charge in [0, 0.05) is 54.8 Å². The van der Waals surface area contributed by atoms with E-state index in [4.69, 9.17) is 53.6 Å². The number of hydrogen-bond acceptors (Lipinski definition) is 15. The number of methoxy groups -OCH3 is 2. The summed E-state index contributed by atoms with van der Waals surface area (Å²) < 4.78 is 22.6. The molecule has 0 aliphatic carbocycles. The Morgan fingerprint density at radius 1 is 0.639 bits per heavy atom. The number of likely N-dealkylation sites (tertiary alicyclic amines) is 2. The molecule has 6 N–H and O–H groups in total. The van der Waals surface area contributed by atoms with Gasteiger partial charge in [0.1, 0.15) is 23.5 Å². The second-order valence-corrected chi connectivity index (χ2v) is 24.5. The van der Waals surface area contributed by atoms with Crippen LogP contribution in [0.3, 0.4) is 0 Å². The van der Waals surface area contributed by atoms with E-state index < -0.39 is 112 Å². The number of nitrogens with zero attached hydrogens (tertiary/aromatic N) is 5. The average Bonchev–Trinajstić information content (AvgIpc) is 3.41. The lowest BCUT2D eigenvalue weighted by atomic mass is 9.81. The molecule has 0 unspecified atom stereocenters. The van der Waals surface area contributed by atoms with Crippen LogP contribution >= 0.6 is 23.2 Å². The standard InChI is InChI=1S/C59H79Cl2N9O13/c1-36(62)52(75)69-46(32-82-56(69,3)4)50(73)64-58(30-38-11-15-43(60)16-12-38)20-9-22-66(34-58)54(77)41(28-48(71)80-7)25-40-19-24-68(79)45(26-40)27-42(29-49(72)81-8)55(78)67-23-10-21-59(35-67,31-39-13-17-44(61)18-14-39)65-51(74)47-33-83-57(5,6)70(47)53(76)37(2)63/h11-19,24,26,36-37,41-42,46-47H,9-10,20-23,25,27-35,62-63H2,1-8H3,(H,64,73)(H,65,74)/t36-,37-,41+,42+,46-,47-,58+,59+/m0/s1. The molecule has 8 atom stereocenters. The summed E-state index contributed by atoms with van der Waals surface area (Å²) in [6.45, 7) is 10.2. The Hall–Kier alpha value is -6.43. The molecule has 452 valence electrons. The average molecular weight is 1190 g/mol. The predicted octanol–water partition coefficient (Wildman–Crippen LogP) is 3.13. The van der Waals surface area contributed by atoms with Crippen molar-refractivity contribution in [2.24, 2.45) is 23.3 Å². The number of carbonyl (C=O) groups excluding carboxylic acids is 8. The number of halogens is 2. The maximum Gasteiger partial charge on any atom is 0.306 e. The van der Waals surface area contributed by atoms with Gasteiger partial charge in [-0.2, -0.15) is 4.73 Å². The third-order valence-corrected chi connectivity index (χ3v) is 16.8. The highest BCUT2D eigenvalue weighted by Gasteiger charge is 2.52. The Morgan fingerprint density at radius 3 is 1.42 bits per heavy atom. The molecule has 7 rings (SSSR count). The molecule has 0 saturated carbocycles. The first-order valence-electron chi connectivity index (χ1n) is 28.1. The van der Waals surface area contributed by atoms with E-state index in [1.807, 2.05) is 24.3 Å². The molecule has 24 heteroatoms. The summed E-state index contributed by atoms with van der Waals surface area (Å²) >= 11 is 12.6. The van der Waals surface area contributed by atoms with Crippen LogP contribution in [0, 0.1) is 17.0 Å². The summed E-state index contributed by atoms with van der Waals surface area (Å²) in [5, 5.41) is 21.3. The number of amides is 6. The number of rotatable bonds is 20. The van der Waals surface area contributed by atoms with Crippen LogP contribution in [0.25, 0.3) is 0 Å². The van der Waals surface area contributed by atoms with Gasteiger partial charge in [0.25, 0.3) is 0 Å². The van der Waals surface area contributed by atoms with Gasteiger partial charge in [-0.05, 0) is 127 Å². The van der Waals surface area contributed by atoms with Crippen molar-refractivity contribution in [1.82, 2.24) is 30.2 Å². The minimum Gasteiger partial charge on any atom is -0.619 e. The highest BCUT2D eigenvalue weighted by Crippen LogP contribution is 2.35. The number of pyridine rings is 1. The quantitative estimate of drug-likeness (QED) is 0.0718. The van der Waals surface area contributed by atoms with Gasteiger partial charge in [-0.3, -0.25) is 48.2 Å². The van der Waals surface area contributed by atoms with Crippen LogP contribution < -0.4 is 26.8 Å². The first-order chi connectivity index (χ1) is 39.1. The van der Waals surface area contributed by atoms with Gasteiger partial charge >= 0.3 is 11.9 Å². The van der Waals surface area contributed by atoms with Crippen LogP contribution in [0.1, 0.15) is 102 Å². The van der Waals surface area contributed by atoms with E-state index >= 15 is 9.59 Å². The highest BCUT2D eigenvalue weighted by atomic mass is 35.5. The molecule has 6 amide bonds. The molecule has 0 spiro atoms. The first kappa shape index (κ1) is 64.1. The summed E-state index contributed by atoms with van der Waals surface area (Å²) in [5.74, 6) is -6.37. The van der Waals surface area contributed by atoms with Crippen LogP contribution in [0.4, 0.5) is 0 Å². The molecule has 4 saturated heterocycles. The minimum atomic E-state index is -1.14. The Bertz CT molecular complexity index is 2890. The number of piperidine rings is 2. The Kier molecular flexibility index (Phi) is 20.6. The van der Waals surface area contributed by atoms with E-state index in [1.54, 1.807) is 67.8 Å². The fourth-order valence-corrected chi connectivity index (χ4v) is 12.4. The lowest BCUT2D eigenvalue weighted by Crippen LogP contribution is -2.65. The molecule has 4 aliphatic rings. The topological polar surface area (TPSA) is 289 Å². The van der Waals surface area contributed by atoms with Gasteiger partial charge in [0.2, 0.25) is 35.4 Å². The minimum absolute atomic E-state index is 0.00909. The number of esters is 2. The van der Waals surface area contributed by atoms with Crippen LogP contribution in [-0.4, -0.2) is 167 Å². The van der Waals surface area contributed by atoms with Crippen molar-refractivity contribution < 1.29 is 62.0 Å². The van der Waals surface area contributed by atoms with E-state index in [1.165, 1.54) is 50.1 Å². The molecule has 4 fully saturated rings. The normalized spacial score (nSPS) is 23.6. The van der Waals surface area contributed by atoms with Crippen molar-refractivity contribution in [3.05, 3.63) is 104 Å². The molecular weight excluding hydrogens is 1110 g/mol. The third kappa shape index (κ3) is 15.5. The van der Waals surface area contributed by atoms with E-state index in [9.17, 15) is 34.0 Å². The molecule has 2 aromatic carbocycles. The van der Waals surface area contributed by atoms with Crippen LogP contribution in [0.5, 0.6) is 0 Å². The number of benzene rings is 2. The lowest BCUT2D eigenvalue weighted by Gasteiger charge is -2.45. The van der Waals surface area contributed by atoms with Crippen molar-refractivity contribution in [2.45, 2.75) is 152 Å². The molecule has 83 heavy (non-hydrogen) atoms. The number of hydrogen-bond donors (Lipinski definition) is 4. The monoisotopic (exact) mass is 1190 g/mol. The molecule has 5 heterocycles. The maximum atomic E-state index is 15.0. The first-order valence-corrected chi connectivity index (χ1v) is 28.9. The number of ether oxygens (including phenoxy) is 4. The molecule has 0 radical (unpaired) electrons. The smallest absolute Gasteiger partial charge is 0.306 e. The van der Waals surface area contributed by atoms with Crippen molar-refractivity contribution >= 4 is 70.6 Å². The number of nitrogens with one attached hydrogen (secondary N) is 2. The Balaban J connectivity index is 1.14. The van der Waals surface area contributed by atoms with Gasteiger partial charge in [-0.25, -0.2) is 0 Å². The van der Waals surface area contributed by atoms with E-state index in [2.05, 4.69) is 10.6 Å². The zero-order valence-electron chi connectivity index (χ0n) is 48.6. The molecule has 1 aromatic heterocycles. The number of carbonyl (C=O) groups is 8. The molecule has 3 aromatic rings. The van der Waals surface area contributed by atoms with Crippen LogP contribution in [-0.2, 0) is 83.0 Å². The fourth-order valence-electron chi connectivity index (χ4n) is 12.1. The van der Waals surface area contributed by atoms with Gasteiger partial charge in [0.15, 0.2) is 11.9 Å². The lowest BCUT2D eigenvalue weighted by molar-refractivity contribution is -0.614. The van der Waals surface area contributed by atoms with Crippen molar-refractivity contribution in [2.75, 3.05) is 53.6 Å². The number of nitrogens with two attached hydrogens (primary N) is 2. The summed E-state index contributed by atoms with van der Waals surface area (Å²) in [6, 6.07) is 13.4. The van der Waals surface area contributed by atoms with E-state index in [-0.39, 0.29) is 77.2 Å². The molecule has 22 nitrogen and oxygen atoms in total.